The molecule has 4 aromatic rings. The first-order valence-electron chi connectivity index (χ1n) is 10.4. The molecule has 0 saturated carbocycles. The largest absolute Gasteiger partial charge is 0.0614 e. The van der Waals surface area contributed by atoms with E-state index in [1.54, 1.807) is 0 Å². The van der Waals surface area contributed by atoms with E-state index in [-0.39, 0.29) is 5.41 Å². The zero-order chi connectivity index (χ0) is 20.2. The third-order valence-electron chi connectivity index (χ3n) is 6.38. The molecule has 142 valence electrons. The molecule has 0 fully saturated rings. The van der Waals surface area contributed by atoms with Gasteiger partial charge in [-0.05, 0) is 70.5 Å². The average molecular weight is 375 g/mol. The van der Waals surface area contributed by atoms with E-state index in [1.807, 2.05) is 0 Å². The summed E-state index contributed by atoms with van der Waals surface area (Å²) in [5.41, 5.74) is 13.4. The van der Waals surface area contributed by atoms with Gasteiger partial charge in [-0.15, -0.1) is 0 Å². The molecular formula is C29H26. The topological polar surface area (TPSA) is 0 Å². The Balaban J connectivity index is 1.63. The molecule has 0 saturated heterocycles. The predicted octanol–water partition coefficient (Wildman–Crippen LogP) is 7.94. The molecule has 0 nitrogen and oxygen atoms in total. The number of benzene rings is 4. The van der Waals surface area contributed by atoms with Crippen LogP contribution >= 0.6 is 0 Å². The van der Waals surface area contributed by atoms with Crippen molar-refractivity contribution in [2.45, 2.75) is 33.1 Å². The fraction of sp³-hybridized carbons (Fsp3) is 0.172. The van der Waals surface area contributed by atoms with Crippen LogP contribution < -0.4 is 0 Å². The molecular weight excluding hydrogens is 348 g/mol. The molecule has 4 aromatic carbocycles. The van der Waals surface area contributed by atoms with Crippen LogP contribution in [0, 0.1) is 13.8 Å². The lowest BCUT2D eigenvalue weighted by Crippen LogP contribution is -2.15. The summed E-state index contributed by atoms with van der Waals surface area (Å²) in [4.78, 5) is 0. The Kier molecular flexibility index (Phi) is 3.99. The monoisotopic (exact) mass is 374 g/mol. The van der Waals surface area contributed by atoms with Gasteiger partial charge in [-0.25, -0.2) is 0 Å². The summed E-state index contributed by atoms with van der Waals surface area (Å²) in [6.45, 7) is 9.03. The Labute approximate surface area is 173 Å². The van der Waals surface area contributed by atoms with Gasteiger partial charge in [0.05, 0.1) is 0 Å². The van der Waals surface area contributed by atoms with Gasteiger partial charge in [0.25, 0.3) is 0 Å². The minimum absolute atomic E-state index is 0.00959. The number of hydrogen-bond donors (Lipinski definition) is 0. The third-order valence-corrected chi connectivity index (χ3v) is 6.38. The molecule has 29 heavy (non-hydrogen) atoms. The second kappa shape index (κ2) is 6.46. The fourth-order valence-corrected chi connectivity index (χ4v) is 4.75. The summed E-state index contributed by atoms with van der Waals surface area (Å²) < 4.78 is 0. The highest BCUT2D eigenvalue weighted by atomic mass is 14.4. The minimum Gasteiger partial charge on any atom is -0.0614 e. The van der Waals surface area contributed by atoms with Crippen LogP contribution in [0.1, 0.15) is 36.1 Å². The number of hydrogen-bond acceptors (Lipinski definition) is 0. The van der Waals surface area contributed by atoms with E-state index >= 15 is 0 Å². The second-order valence-corrected chi connectivity index (χ2v) is 8.88. The molecule has 1 aliphatic rings. The zero-order valence-corrected chi connectivity index (χ0v) is 17.6. The summed E-state index contributed by atoms with van der Waals surface area (Å²) in [7, 11) is 0. The minimum atomic E-state index is -0.00959. The number of fused-ring (bicyclic) bond motifs is 3. The van der Waals surface area contributed by atoms with Gasteiger partial charge >= 0.3 is 0 Å². The Hall–Kier alpha value is -3.12. The van der Waals surface area contributed by atoms with Gasteiger partial charge < -0.3 is 0 Å². The van der Waals surface area contributed by atoms with Crippen molar-refractivity contribution in [1.82, 2.24) is 0 Å². The van der Waals surface area contributed by atoms with Gasteiger partial charge in [-0.2, -0.15) is 0 Å². The molecule has 0 amide bonds. The molecule has 0 unspecified atom stereocenters. The van der Waals surface area contributed by atoms with Crippen molar-refractivity contribution in [1.29, 1.82) is 0 Å². The van der Waals surface area contributed by atoms with Crippen LogP contribution in [-0.2, 0) is 5.41 Å². The summed E-state index contributed by atoms with van der Waals surface area (Å²) in [6.07, 6.45) is 0. The zero-order valence-electron chi connectivity index (χ0n) is 17.6. The molecule has 5 rings (SSSR count). The first-order chi connectivity index (χ1) is 13.9. The van der Waals surface area contributed by atoms with Crippen LogP contribution in [0.3, 0.4) is 0 Å². The molecule has 0 heteroatoms. The number of rotatable bonds is 2. The Morgan fingerprint density at radius 2 is 0.897 bits per heavy atom. The molecule has 0 spiro atoms. The van der Waals surface area contributed by atoms with Crippen LogP contribution in [0.25, 0.3) is 33.4 Å². The van der Waals surface area contributed by atoms with Crippen LogP contribution in [-0.4, -0.2) is 0 Å². The van der Waals surface area contributed by atoms with Gasteiger partial charge in [0.15, 0.2) is 0 Å². The van der Waals surface area contributed by atoms with Crippen molar-refractivity contribution >= 4 is 0 Å². The predicted molar refractivity (Wildman–Crippen MR) is 124 cm³/mol. The average Bonchev–Trinajstić information content (AvgIpc) is 2.94. The normalized spacial score (nSPS) is 13.8. The van der Waals surface area contributed by atoms with Crippen LogP contribution in [0.5, 0.6) is 0 Å². The maximum absolute atomic E-state index is 2.40. The standard InChI is InChI=1S/C29H26/c1-19-7-5-9-21(15-19)23-11-13-25-26-14-12-24(22-10-6-8-20(2)16-22)18-28(26)29(3,4)27(25)17-23/h5-18H,1-4H3. The first-order valence-corrected chi connectivity index (χ1v) is 10.4. The van der Waals surface area contributed by atoms with E-state index < -0.39 is 0 Å². The van der Waals surface area contributed by atoms with E-state index in [1.165, 1.54) is 55.6 Å². The van der Waals surface area contributed by atoms with Gasteiger partial charge in [-0.1, -0.05) is 97.8 Å². The highest BCUT2D eigenvalue weighted by Gasteiger charge is 2.35. The van der Waals surface area contributed by atoms with Gasteiger partial charge in [0, 0.05) is 5.41 Å². The maximum Gasteiger partial charge on any atom is 0.0159 e. The van der Waals surface area contributed by atoms with Gasteiger partial charge in [0.1, 0.15) is 0 Å². The Morgan fingerprint density at radius 1 is 0.483 bits per heavy atom. The molecule has 0 radical (unpaired) electrons. The molecule has 0 heterocycles. The molecule has 0 atom stereocenters. The Bertz CT molecular complexity index is 1140. The van der Waals surface area contributed by atoms with E-state index in [2.05, 4.69) is 113 Å². The van der Waals surface area contributed by atoms with Crippen LogP contribution in [0.2, 0.25) is 0 Å². The van der Waals surface area contributed by atoms with Crippen molar-refractivity contribution in [3.63, 3.8) is 0 Å². The smallest absolute Gasteiger partial charge is 0.0159 e. The molecule has 0 N–H and O–H groups in total. The van der Waals surface area contributed by atoms with E-state index in [4.69, 9.17) is 0 Å². The summed E-state index contributed by atoms with van der Waals surface area (Å²) in [6, 6.07) is 31.5. The van der Waals surface area contributed by atoms with Crippen molar-refractivity contribution in [3.05, 3.63) is 107 Å². The van der Waals surface area contributed by atoms with E-state index in [9.17, 15) is 0 Å². The highest BCUT2D eigenvalue weighted by Crippen LogP contribution is 2.50. The quantitative estimate of drug-likeness (QED) is 0.334. The molecule has 0 aliphatic heterocycles. The second-order valence-electron chi connectivity index (χ2n) is 8.88. The summed E-state index contributed by atoms with van der Waals surface area (Å²) in [5, 5.41) is 0. The van der Waals surface area contributed by atoms with Crippen LogP contribution in [0.4, 0.5) is 0 Å². The van der Waals surface area contributed by atoms with Crippen molar-refractivity contribution in [3.8, 4) is 33.4 Å². The van der Waals surface area contributed by atoms with Crippen LogP contribution in [0.15, 0.2) is 84.9 Å². The fourth-order valence-electron chi connectivity index (χ4n) is 4.75. The van der Waals surface area contributed by atoms with Gasteiger partial charge in [-0.3, -0.25) is 0 Å². The van der Waals surface area contributed by atoms with E-state index in [0.717, 1.165) is 0 Å². The van der Waals surface area contributed by atoms with Crippen molar-refractivity contribution < 1.29 is 0 Å². The lowest BCUT2D eigenvalue weighted by atomic mass is 9.81. The number of aryl methyl sites for hydroxylation is 2. The molecule has 0 aromatic heterocycles. The van der Waals surface area contributed by atoms with E-state index in [0.29, 0.717) is 0 Å². The lowest BCUT2D eigenvalue weighted by molar-refractivity contribution is 0.661. The molecule has 0 bridgehead atoms. The molecule has 1 aliphatic carbocycles. The maximum atomic E-state index is 2.40. The van der Waals surface area contributed by atoms with Gasteiger partial charge in [0.2, 0.25) is 0 Å². The SMILES string of the molecule is Cc1cccc(-c2ccc3c(c2)C(C)(C)c2cc(-c4cccc(C)c4)ccc2-3)c1. The third kappa shape index (κ3) is 2.91. The summed E-state index contributed by atoms with van der Waals surface area (Å²) in [5.74, 6) is 0. The van der Waals surface area contributed by atoms with Crippen molar-refractivity contribution in [2.24, 2.45) is 0 Å². The van der Waals surface area contributed by atoms with Crippen molar-refractivity contribution in [2.75, 3.05) is 0 Å². The Morgan fingerprint density at radius 3 is 1.31 bits per heavy atom. The highest BCUT2D eigenvalue weighted by molar-refractivity contribution is 5.85. The first kappa shape index (κ1) is 17.9. The summed E-state index contributed by atoms with van der Waals surface area (Å²) >= 11 is 0. The lowest BCUT2D eigenvalue weighted by Gasteiger charge is -2.22.